The highest BCUT2D eigenvalue weighted by atomic mass is 35.5. The van der Waals surface area contributed by atoms with E-state index in [1.807, 2.05) is 13.8 Å². The number of hydrogen-bond acceptors (Lipinski definition) is 3. The summed E-state index contributed by atoms with van der Waals surface area (Å²) in [4.78, 5) is 11.7. The number of rotatable bonds is 4. The number of aryl methyl sites for hydroxylation is 2. The van der Waals surface area contributed by atoms with Crippen molar-refractivity contribution in [3.05, 3.63) is 52.4 Å². The summed E-state index contributed by atoms with van der Waals surface area (Å²) in [6.45, 7) is 3.74. The maximum Gasteiger partial charge on any atom is 0.235 e. The Morgan fingerprint density at radius 2 is 2.00 bits per heavy atom. The van der Waals surface area contributed by atoms with Gasteiger partial charge in [0.1, 0.15) is 5.75 Å². The van der Waals surface area contributed by atoms with Crippen molar-refractivity contribution >= 4 is 17.4 Å². The molecule has 0 aliphatic carbocycles. The Morgan fingerprint density at radius 3 is 2.56 bits per heavy atom. The highest BCUT2D eigenvalue weighted by Gasteiger charge is 2.12. The summed E-state index contributed by atoms with van der Waals surface area (Å²) in [5.74, 6) is 0.812. The highest BCUT2D eigenvalue weighted by Crippen LogP contribution is 2.27. The number of ketones is 1. The first kappa shape index (κ1) is 12.7. The first-order chi connectivity index (χ1) is 8.58. The third-order valence-electron chi connectivity index (χ3n) is 2.57. The van der Waals surface area contributed by atoms with E-state index in [0.717, 1.165) is 11.1 Å². The third-order valence-corrected chi connectivity index (χ3v) is 2.79. The predicted octanol–water partition coefficient (Wildman–Crippen LogP) is 3.81. The Balaban J connectivity index is 2.09. The summed E-state index contributed by atoms with van der Waals surface area (Å²) in [7, 11) is 0. The van der Waals surface area contributed by atoms with E-state index in [4.69, 9.17) is 20.8 Å². The summed E-state index contributed by atoms with van der Waals surface area (Å²) in [5.41, 5.74) is 1.82. The van der Waals surface area contributed by atoms with Gasteiger partial charge in [0.25, 0.3) is 0 Å². The molecule has 3 nitrogen and oxygen atoms in total. The minimum Gasteiger partial charge on any atom is -0.485 e. The van der Waals surface area contributed by atoms with Crippen LogP contribution in [0.5, 0.6) is 5.75 Å². The summed E-state index contributed by atoms with van der Waals surface area (Å²) in [6.07, 6.45) is 1.46. The fourth-order valence-corrected chi connectivity index (χ4v) is 2.10. The monoisotopic (exact) mass is 264 g/mol. The Hall–Kier alpha value is -1.74. The Kier molecular flexibility index (Phi) is 3.72. The zero-order valence-corrected chi connectivity index (χ0v) is 11.0. The molecule has 1 aromatic carbocycles. The average molecular weight is 265 g/mol. The highest BCUT2D eigenvalue weighted by molar-refractivity contribution is 6.30. The van der Waals surface area contributed by atoms with E-state index in [9.17, 15) is 4.79 Å². The molecule has 1 heterocycles. The van der Waals surface area contributed by atoms with Crippen LogP contribution >= 0.6 is 11.6 Å². The first-order valence-electron chi connectivity index (χ1n) is 5.54. The lowest BCUT2D eigenvalue weighted by Crippen LogP contribution is -2.12. The zero-order valence-electron chi connectivity index (χ0n) is 10.2. The SMILES string of the molecule is Cc1cc(Cl)cc(C)c1OCC(=O)c1ccco1. The van der Waals surface area contributed by atoms with E-state index < -0.39 is 0 Å². The second-order valence-corrected chi connectivity index (χ2v) is 4.49. The standard InChI is InChI=1S/C14H13ClO3/c1-9-6-11(15)7-10(2)14(9)18-8-12(16)13-4-3-5-17-13/h3-7H,8H2,1-2H3. The summed E-state index contributed by atoms with van der Waals surface area (Å²) in [6, 6.07) is 6.90. The van der Waals surface area contributed by atoms with E-state index in [1.165, 1.54) is 6.26 Å². The first-order valence-corrected chi connectivity index (χ1v) is 5.92. The molecule has 0 amide bonds. The number of benzene rings is 1. The summed E-state index contributed by atoms with van der Waals surface area (Å²) in [5, 5.41) is 0.662. The number of carbonyl (C=O) groups excluding carboxylic acids is 1. The van der Waals surface area contributed by atoms with Gasteiger partial charge in [0.15, 0.2) is 12.4 Å². The number of hydrogen-bond donors (Lipinski definition) is 0. The molecule has 0 saturated carbocycles. The number of Topliss-reactive ketones (excluding diaryl/α,β-unsaturated/α-hetero) is 1. The van der Waals surface area contributed by atoms with Crippen molar-refractivity contribution in [3.8, 4) is 5.75 Å². The largest absolute Gasteiger partial charge is 0.485 e. The van der Waals surface area contributed by atoms with Gasteiger partial charge in [-0.3, -0.25) is 4.79 Å². The second kappa shape index (κ2) is 5.27. The topological polar surface area (TPSA) is 39.4 Å². The van der Waals surface area contributed by atoms with Crippen LogP contribution < -0.4 is 4.74 Å². The van der Waals surface area contributed by atoms with Crippen molar-refractivity contribution in [2.45, 2.75) is 13.8 Å². The average Bonchev–Trinajstić information content (AvgIpc) is 2.80. The molecule has 0 N–H and O–H groups in total. The molecule has 2 rings (SSSR count). The molecular formula is C14H13ClO3. The molecule has 94 valence electrons. The van der Waals surface area contributed by atoms with Crippen LogP contribution in [0.25, 0.3) is 0 Å². The fraction of sp³-hybridized carbons (Fsp3) is 0.214. The lowest BCUT2D eigenvalue weighted by Gasteiger charge is -2.11. The van der Waals surface area contributed by atoms with Gasteiger partial charge in [-0.25, -0.2) is 0 Å². The third kappa shape index (κ3) is 2.74. The molecule has 0 radical (unpaired) electrons. The molecule has 0 atom stereocenters. The molecule has 0 spiro atoms. The Bertz CT molecular complexity index is 535. The van der Waals surface area contributed by atoms with Crippen LogP contribution in [0.4, 0.5) is 0 Å². The van der Waals surface area contributed by atoms with Crippen molar-refractivity contribution in [2.24, 2.45) is 0 Å². The second-order valence-electron chi connectivity index (χ2n) is 4.06. The van der Waals surface area contributed by atoms with Crippen LogP contribution in [0, 0.1) is 13.8 Å². The molecule has 4 heteroatoms. The Morgan fingerprint density at radius 1 is 1.33 bits per heavy atom. The van der Waals surface area contributed by atoms with Gasteiger partial charge in [0.2, 0.25) is 5.78 Å². The van der Waals surface area contributed by atoms with Gasteiger partial charge in [0, 0.05) is 5.02 Å². The van der Waals surface area contributed by atoms with E-state index >= 15 is 0 Å². The maximum absolute atomic E-state index is 11.7. The van der Waals surface area contributed by atoms with Gasteiger partial charge in [-0.15, -0.1) is 0 Å². The molecule has 0 saturated heterocycles. The molecule has 2 aromatic rings. The number of halogens is 1. The van der Waals surface area contributed by atoms with Gasteiger partial charge in [0.05, 0.1) is 6.26 Å². The smallest absolute Gasteiger partial charge is 0.235 e. The molecule has 1 aromatic heterocycles. The minimum absolute atomic E-state index is 0.0448. The van der Waals surface area contributed by atoms with E-state index in [0.29, 0.717) is 16.5 Å². The fourth-order valence-electron chi connectivity index (χ4n) is 1.77. The van der Waals surface area contributed by atoms with Gasteiger partial charge < -0.3 is 9.15 Å². The van der Waals surface area contributed by atoms with Crippen LogP contribution in [0.3, 0.4) is 0 Å². The van der Waals surface area contributed by atoms with Crippen molar-refractivity contribution in [1.29, 1.82) is 0 Å². The minimum atomic E-state index is -0.186. The van der Waals surface area contributed by atoms with E-state index in [-0.39, 0.29) is 12.4 Å². The van der Waals surface area contributed by atoms with E-state index in [1.54, 1.807) is 24.3 Å². The quantitative estimate of drug-likeness (QED) is 0.788. The van der Waals surface area contributed by atoms with Gasteiger partial charge in [-0.2, -0.15) is 0 Å². The molecule has 0 bridgehead atoms. The predicted molar refractivity (Wildman–Crippen MR) is 69.5 cm³/mol. The van der Waals surface area contributed by atoms with Gasteiger partial charge in [-0.05, 0) is 49.2 Å². The molecule has 0 unspecified atom stereocenters. The van der Waals surface area contributed by atoms with Crippen molar-refractivity contribution in [3.63, 3.8) is 0 Å². The van der Waals surface area contributed by atoms with Crippen molar-refractivity contribution < 1.29 is 13.9 Å². The van der Waals surface area contributed by atoms with Crippen LogP contribution in [-0.4, -0.2) is 12.4 Å². The van der Waals surface area contributed by atoms with Crippen LogP contribution in [-0.2, 0) is 0 Å². The van der Waals surface area contributed by atoms with Crippen molar-refractivity contribution in [1.82, 2.24) is 0 Å². The summed E-state index contributed by atoms with van der Waals surface area (Å²) >= 11 is 5.93. The van der Waals surface area contributed by atoms with Gasteiger partial charge >= 0.3 is 0 Å². The Labute approximate surface area is 110 Å². The van der Waals surface area contributed by atoms with Crippen LogP contribution in [0.15, 0.2) is 34.9 Å². The lowest BCUT2D eigenvalue weighted by atomic mass is 10.1. The molecular weight excluding hydrogens is 252 g/mol. The van der Waals surface area contributed by atoms with Gasteiger partial charge in [-0.1, -0.05) is 11.6 Å². The molecule has 0 aliphatic heterocycles. The van der Waals surface area contributed by atoms with Crippen LogP contribution in [0.2, 0.25) is 5.02 Å². The molecule has 0 aliphatic rings. The maximum atomic E-state index is 11.7. The zero-order chi connectivity index (χ0) is 13.1. The summed E-state index contributed by atoms with van der Waals surface area (Å²) < 4.78 is 10.6. The van der Waals surface area contributed by atoms with E-state index in [2.05, 4.69) is 0 Å². The number of ether oxygens (including phenoxy) is 1. The molecule has 0 fully saturated rings. The lowest BCUT2D eigenvalue weighted by molar-refractivity contribution is 0.0893. The molecule has 18 heavy (non-hydrogen) atoms. The number of carbonyl (C=O) groups is 1. The number of furan rings is 1. The normalized spacial score (nSPS) is 10.4. The van der Waals surface area contributed by atoms with Crippen molar-refractivity contribution in [2.75, 3.05) is 6.61 Å². The van der Waals surface area contributed by atoms with Crippen LogP contribution in [0.1, 0.15) is 21.7 Å².